The van der Waals surface area contributed by atoms with Crippen LogP contribution in [0, 0.1) is 0 Å². The Morgan fingerprint density at radius 2 is 0.530 bits per heavy atom. The van der Waals surface area contributed by atoms with E-state index in [1.54, 1.807) is 6.08 Å². The number of aliphatic hydroxyl groups is 2. The summed E-state index contributed by atoms with van der Waals surface area (Å²) in [6.45, 7) is 4.22. The summed E-state index contributed by atoms with van der Waals surface area (Å²) >= 11 is 0. The average molecular weight is 1150 g/mol. The van der Waals surface area contributed by atoms with Crippen molar-refractivity contribution in [2.75, 3.05) is 6.61 Å². The molecule has 4 heteroatoms. The molecule has 0 aliphatic rings. The van der Waals surface area contributed by atoms with E-state index < -0.39 is 12.1 Å². The van der Waals surface area contributed by atoms with E-state index in [1.807, 2.05) is 6.08 Å². The van der Waals surface area contributed by atoms with Gasteiger partial charge in [0, 0.05) is 6.42 Å². The van der Waals surface area contributed by atoms with Crippen molar-refractivity contribution < 1.29 is 15.0 Å². The molecule has 83 heavy (non-hydrogen) atoms. The number of hydrogen-bond acceptors (Lipinski definition) is 3. The highest BCUT2D eigenvalue weighted by Crippen LogP contribution is 2.18. The van der Waals surface area contributed by atoms with Gasteiger partial charge in [0.1, 0.15) is 0 Å². The van der Waals surface area contributed by atoms with Crippen molar-refractivity contribution in [1.82, 2.24) is 5.32 Å². The summed E-state index contributed by atoms with van der Waals surface area (Å²) < 4.78 is 0. The van der Waals surface area contributed by atoms with E-state index in [0.717, 1.165) is 83.5 Å². The molecule has 2 unspecified atom stereocenters. The molecule has 0 fully saturated rings. The molecule has 0 radical (unpaired) electrons. The lowest BCUT2D eigenvalue weighted by Crippen LogP contribution is -2.45. The Balaban J connectivity index is 3.52. The van der Waals surface area contributed by atoms with E-state index in [4.69, 9.17) is 0 Å². The lowest BCUT2D eigenvalue weighted by atomic mass is 10.0. The number of carbonyl (C=O) groups is 1. The van der Waals surface area contributed by atoms with E-state index in [9.17, 15) is 15.0 Å². The van der Waals surface area contributed by atoms with Crippen LogP contribution < -0.4 is 5.32 Å². The Labute approximate surface area is 518 Å². The Bertz CT molecular complexity index is 1590. The minimum atomic E-state index is -0.848. The van der Waals surface area contributed by atoms with E-state index >= 15 is 0 Å². The van der Waals surface area contributed by atoms with E-state index in [2.05, 4.69) is 129 Å². The number of nitrogens with one attached hydrogen (secondary N) is 1. The molecule has 0 aliphatic carbocycles. The van der Waals surface area contributed by atoms with Crippen LogP contribution in [-0.4, -0.2) is 34.9 Å². The van der Waals surface area contributed by atoms with Crippen LogP contribution in [0.2, 0.25) is 0 Å². The zero-order valence-corrected chi connectivity index (χ0v) is 55.2. The molecule has 0 aromatic heterocycles. The smallest absolute Gasteiger partial charge is 0.220 e. The van der Waals surface area contributed by atoms with Gasteiger partial charge in [-0.15, -0.1) is 0 Å². The molecule has 0 aromatic carbocycles. The molecule has 0 saturated carbocycles. The van der Waals surface area contributed by atoms with Crippen LogP contribution in [0.15, 0.2) is 122 Å². The van der Waals surface area contributed by atoms with Crippen molar-refractivity contribution in [3.8, 4) is 0 Å². The molecular formula is C79H139NO3. The van der Waals surface area contributed by atoms with Gasteiger partial charge in [-0.1, -0.05) is 379 Å². The third kappa shape index (κ3) is 69.5. The molecule has 0 rings (SSSR count). The average Bonchev–Trinajstić information content (AvgIpc) is 3.51. The molecule has 0 saturated heterocycles. The summed E-state index contributed by atoms with van der Waals surface area (Å²) in [7, 11) is 0. The van der Waals surface area contributed by atoms with Crippen molar-refractivity contribution >= 4 is 5.91 Å². The van der Waals surface area contributed by atoms with Gasteiger partial charge in [0.25, 0.3) is 0 Å². The zero-order chi connectivity index (χ0) is 59.8. The summed E-state index contributed by atoms with van der Waals surface area (Å²) in [5, 5.41) is 23.3. The van der Waals surface area contributed by atoms with Crippen LogP contribution in [0.1, 0.15) is 354 Å². The number of aliphatic hydroxyl groups excluding tert-OH is 2. The van der Waals surface area contributed by atoms with Crippen molar-refractivity contribution in [3.05, 3.63) is 122 Å². The molecule has 0 aromatic rings. The maximum Gasteiger partial charge on any atom is 0.220 e. The molecular weight excluding hydrogens is 1010 g/mol. The standard InChI is InChI=1S/C79H139NO3/c1-3-5-7-9-11-13-15-17-19-21-23-25-27-29-31-33-35-36-37-38-39-40-41-42-43-44-45-47-49-51-53-55-57-59-61-63-65-67-69-71-73-75-79(83)80-77(76-81)78(82)74-72-70-68-66-64-62-60-58-56-54-52-50-48-46-34-32-30-28-26-24-22-20-18-16-14-12-10-8-6-4-2/h5,7,11,13,17,19,23,25,29,31,35-36,38-39,41-42,44-45,72,74,77-78,81-82H,3-4,6,8-10,12,14-16,18,20-22,24,26-28,30,32-34,37,40,43,46-71,73,75-76H2,1-2H3,(H,80,83)/b7-5-,13-11-,19-17-,25-23-,31-29-,36-35-,39-38-,42-41-,45-44-,74-72+. The summed E-state index contributed by atoms with van der Waals surface area (Å²) in [6, 6.07) is -0.632. The van der Waals surface area contributed by atoms with Crippen molar-refractivity contribution in [3.63, 3.8) is 0 Å². The van der Waals surface area contributed by atoms with Crippen molar-refractivity contribution in [2.24, 2.45) is 0 Å². The molecule has 1 amide bonds. The van der Waals surface area contributed by atoms with Crippen LogP contribution in [0.25, 0.3) is 0 Å². The molecule has 478 valence electrons. The van der Waals surface area contributed by atoms with Gasteiger partial charge < -0.3 is 15.5 Å². The highest BCUT2D eigenvalue weighted by atomic mass is 16.3. The van der Waals surface area contributed by atoms with Crippen LogP contribution in [-0.2, 0) is 4.79 Å². The first-order valence-electron chi connectivity index (χ1n) is 36.2. The van der Waals surface area contributed by atoms with Crippen LogP contribution in [0.5, 0.6) is 0 Å². The zero-order valence-electron chi connectivity index (χ0n) is 55.2. The van der Waals surface area contributed by atoms with E-state index in [0.29, 0.717) is 6.42 Å². The normalized spacial score (nSPS) is 13.4. The molecule has 2 atom stereocenters. The number of carbonyl (C=O) groups excluding carboxylic acids is 1. The fourth-order valence-corrected chi connectivity index (χ4v) is 10.8. The Hall–Kier alpha value is -3.21. The van der Waals surface area contributed by atoms with Gasteiger partial charge in [0.05, 0.1) is 18.8 Å². The summed E-state index contributed by atoms with van der Waals surface area (Å²) in [5.74, 6) is -0.0649. The first kappa shape index (κ1) is 79.8. The number of hydrogen-bond donors (Lipinski definition) is 3. The predicted octanol–water partition coefficient (Wildman–Crippen LogP) is 25.1. The minimum Gasteiger partial charge on any atom is -0.394 e. The largest absolute Gasteiger partial charge is 0.394 e. The maximum atomic E-state index is 12.6. The second-order valence-electron chi connectivity index (χ2n) is 24.3. The maximum absolute atomic E-state index is 12.6. The van der Waals surface area contributed by atoms with Gasteiger partial charge in [0.15, 0.2) is 0 Å². The molecule has 0 spiro atoms. The van der Waals surface area contributed by atoms with Crippen LogP contribution >= 0.6 is 0 Å². The first-order valence-corrected chi connectivity index (χ1v) is 36.2. The molecule has 0 bridgehead atoms. The van der Waals surface area contributed by atoms with Gasteiger partial charge in [-0.25, -0.2) is 0 Å². The quantitative estimate of drug-likeness (QED) is 0.0420. The second kappa shape index (κ2) is 73.0. The third-order valence-electron chi connectivity index (χ3n) is 16.2. The summed E-state index contributed by atoms with van der Waals surface area (Å²) in [5.41, 5.74) is 0. The van der Waals surface area contributed by atoms with Crippen molar-refractivity contribution in [2.45, 2.75) is 366 Å². The van der Waals surface area contributed by atoms with Gasteiger partial charge in [0.2, 0.25) is 5.91 Å². The van der Waals surface area contributed by atoms with Gasteiger partial charge in [-0.05, 0) is 89.9 Å². The molecule has 0 aliphatic heterocycles. The summed E-state index contributed by atoms with van der Waals surface area (Å²) in [6.07, 6.45) is 111. The van der Waals surface area contributed by atoms with Crippen LogP contribution in [0.3, 0.4) is 0 Å². The molecule has 4 nitrogen and oxygen atoms in total. The van der Waals surface area contributed by atoms with E-state index in [1.165, 1.54) is 250 Å². The third-order valence-corrected chi connectivity index (χ3v) is 16.2. The predicted molar refractivity (Wildman–Crippen MR) is 372 cm³/mol. The molecule has 3 N–H and O–H groups in total. The Morgan fingerprint density at radius 3 is 0.795 bits per heavy atom. The fraction of sp³-hybridized carbons (Fsp3) is 0.734. The number of amides is 1. The van der Waals surface area contributed by atoms with Crippen molar-refractivity contribution in [1.29, 1.82) is 0 Å². The van der Waals surface area contributed by atoms with E-state index in [-0.39, 0.29) is 12.5 Å². The second-order valence-corrected chi connectivity index (χ2v) is 24.3. The van der Waals surface area contributed by atoms with Gasteiger partial charge in [-0.3, -0.25) is 4.79 Å². The monoisotopic (exact) mass is 1150 g/mol. The number of rotatable bonds is 66. The molecule has 0 heterocycles. The summed E-state index contributed by atoms with van der Waals surface area (Å²) in [4.78, 5) is 12.6. The lowest BCUT2D eigenvalue weighted by Gasteiger charge is -2.20. The number of unbranched alkanes of at least 4 members (excludes halogenated alkanes) is 41. The highest BCUT2D eigenvalue weighted by Gasteiger charge is 2.18. The fourth-order valence-electron chi connectivity index (χ4n) is 10.8. The minimum absolute atomic E-state index is 0.0649. The van der Waals surface area contributed by atoms with Crippen LogP contribution in [0.4, 0.5) is 0 Å². The first-order chi connectivity index (χ1) is 41.2. The van der Waals surface area contributed by atoms with Gasteiger partial charge >= 0.3 is 0 Å². The lowest BCUT2D eigenvalue weighted by molar-refractivity contribution is -0.123. The Morgan fingerprint density at radius 1 is 0.301 bits per heavy atom. The van der Waals surface area contributed by atoms with Gasteiger partial charge in [-0.2, -0.15) is 0 Å². The highest BCUT2D eigenvalue weighted by molar-refractivity contribution is 5.76. The number of allylic oxidation sites excluding steroid dienone is 19. The topological polar surface area (TPSA) is 69.6 Å². The Kier molecular flexibility index (Phi) is 70.2. The SMILES string of the molecule is CC/C=C\C/C=C\C/C=C\C/C=C\C/C=C\C/C=C\C/C=C\C/C=C\C/C=C\CCCCCCCCCCCCCCCC(=O)NC(CO)C(O)/C=C/CCCCCCCCCCCCCCCCCCCCCCCCCCCCCC.